The van der Waals surface area contributed by atoms with E-state index in [1.54, 1.807) is 7.11 Å². The van der Waals surface area contributed by atoms with Crippen molar-refractivity contribution in [1.29, 1.82) is 0 Å². The van der Waals surface area contributed by atoms with E-state index in [1.165, 1.54) is 0 Å². The molecule has 0 aliphatic carbocycles. The number of nitrogens with one attached hydrogen (secondary N) is 1. The van der Waals surface area contributed by atoms with Crippen molar-refractivity contribution in [1.82, 2.24) is 5.32 Å². The lowest BCUT2D eigenvalue weighted by Crippen LogP contribution is -2.31. The first-order valence-electron chi connectivity index (χ1n) is 6.09. The van der Waals surface area contributed by atoms with Gasteiger partial charge in [-0.1, -0.05) is 6.92 Å². The van der Waals surface area contributed by atoms with Crippen molar-refractivity contribution in [2.24, 2.45) is 0 Å². The molecule has 0 saturated heterocycles. The van der Waals surface area contributed by atoms with Crippen LogP contribution in [0.3, 0.4) is 0 Å². The Kier molecular flexibility index (Phi) is 4.28. The van der Waals surface area contributed by atoms with Crippen molar-refractivity contribution in [3.63, 3.8) is 0 Å². The van der Waals surface area contributed by atoms with E-state index in [2.05, 4.69) is 5.32 Å². The molecule has 1 aliphatic heterocycles. The smallest absolute Gasteiger partial charge is 0.231 e. The van der Waals surface area contributed by atoms with E-state index in [1.807, 2.05) is 19.1 Å². The topological polar surface area (TPSA) is 60.0 Å². The van der Waals surface area contributed by atoms with Gasteiger partial charge in [0.15, 0.2) is 11.5 Å². The monoisotopic (exact) mass is 253 g/mol. The van der Waals surface area contributed by atoms with E-state index >= 15 is 0 Å². The molecule has 5 heteroatoms. The SMILES string of the molecule is CCC(CO)NCc1cc(OC)c2c(c1)OCO2. The largest absolute Gasteiger partial charge is 0.493 e. The van der Waals surface area contributed by atoms with Crippen molar-refractivity contribution in [3.8, 4) is 17.2 Å². The van der Waals surface area contributed by atoms with Gasteiger partial charge >= 0.3 is 0 Å². The zero-order valence-corrected chi connectivity index (χ0v) is 10.7. The van der Waals surface area contributed by atoms with E-state index in [4.69, 9.17) is 19.3 Å². The number of ether oxygens (including phenoxy) is 3. The predicted octanol–water partition coefficient (Wildman–Crippen LogP) is 1.28. The molecule has 0 fully saturated rings. The summed E-state index contributed by atoms with van der Waals surface area (Å²) >= 11 is 0. The maximum absolute atomic E-state index is 9.13. The summed E-state index contributed by atoms with van der Waals surface area (Å²) in [5.41, 5.74) is 1.04. The second-order valence-corrected chi connectivity index (χ2v) is 4.20. The van der Waals surface area contributed by atoms with Crippen molar-refractivity contribution in [2.75, 3.05) is 20.5 Å². The normalized spacial score (nSPS) is 14.6. The Morgan fingerprint density at radius 2 is 2.28 bits per heavy atom. The molecular weight excluding hydrogens is 234 g/mol. The highest BCUT2D eigenvalue weighted by molar-refractivity contribution is 5.55. The van der Waals surface area contributed by atoms with Gasteiger partial charge in [-0.2, -0.15) is 0 Å². The Morgan fingerprint density at radius 3 is 2.94 bits per heavy atom. The summed E-state index contributed by atoms with van der Waals surface area (Å²) < 4.78 is 16.0. The van der Waals surface area contributed by atoms with Gasteiger partial charge in [0, 0.05) is 12.6 Å². The molecule has 0 radical (unpaired) electrons. The molecule has 1 aliphatic rings. The minimum Gasteiger partial charge on any atom is -0.493 e. The van der Waals surface area contributed by atoms with Crippen LogP contribution in [0.4, 0.5) is 0 Å². The Bertz CT molecular complexity index is 404. The zero-order valence-electron chi connectivity index (χ0n) is 10.7. The second-order valence-electron chi connectivity index (χ2n) is 4.20. The molecule has 18 heavy (non-hydrogen) atoms. The zero-order chi connectivity index (χ0) is 13.0. The third kappa shape index (κ3) is 2.68. The van der Waals surface area contributed by atoms with Crippen LogP contribution < -0.4 is 19.5 Å². The van der Waals surface area contributed by atoms with Crippen LogP contribution in [0.5, 0.6) is 17.2 Å². The van der Waals surface area contributed by atoms with Crippen molar-refractivity contribution in [2.45, 2.75) is 25.9 Å². The Morgan fingerprint density at radius 1 is 1.44 bits per heavy atom. The minimum absolute atomic E-state index is 0.112. The van der Waals surface area contributed by atoms with E-state index in [9.17, 15) is 0 Å². The van der Waals surface area contributed by atoms with Crippen LogP contribution in [0, 0.1) is 0 Å². The highest BCUT2D eigenvalue weighted by Crippen LogP contribution is 2.41. The molecule has 1 aromatic carbocycles. The van der Waals surface area contributed by atoms with Crippen LogP contribution in [-0.2, 0) is 6.54 Å². The summed E-state index contributed by atoms with van der Waals surface area (Å²) in [5.74, 6) is 2.05. The van der Waals surface area contributed by atoms with Gasteiger partial charge in [-0.25, -0.2) is 0 Å². The quantitative estimate of drug-likeness (QED) is 0.800. The Labute approximate surface area is 107 Å². The van der Waals surface area contributed by atoms with E-state index in [-0.39, 0.29) is 19.4 Å². The molecule has 100 valence electrons. The average molecular weight is 253 g/mol. The molecule has 0 aromatic heterocycles. The molecule has 0 bridgehead atoms. The summed E-state index contributed by atoms with van der Waals surface area (Å²) in [6.07, 6.45) is 0.887. The van der Waals surface area contributed by atoms with Crippen molar-refractivity contribution >= 4 is 0 Å². The summed E-state index contributed by atoms with van der Waals surface area (Å²) in [7, 11) is 1.61. The van der Waals surface area contributed by atoms with Gasteiger partial charge in [-0.05, 0) is 24.1 Å². The highest BCUT2D eigenvalue weighted by Gasteiger charge is 2.20. The lowest BCUT2D eigenvalue weighted by molar-refractivity contribution is 0.171. The van der Waals surface area contributed by atoms with Gasteiger partial charge in [0.1, 0.15) is 0 Å². The van der Waals surface area contributed by atoms with Crippen LogP contribution in [0.1, 0.15) is 18.9 Å². The van der Waals surface area contributed by atoms with Crippen LogP contribution in [-0.4, -0.2) is 31.7 Å². The van der Waals surface area contributed by atoms with Gasteiger partial charge in [-0.3, -0.25) is 0 Å². The molecule has 1 aromatic rings. The molecule has 2 rings (SSSR count). The maximum atomic E-state index is 9.13. The average Bonchev–Trinajstić information content (AvgIpc) is 2.87. The lowest BCUT2D eigenvalue weighted by Gasteiger charge is -2.14. The van der Waals surface area contributed by atoms with Crippen molar-refractivity contribution < 1.29 is 19.3 Å². The number of rotatable bonds is 6. The van der Waals surface area contributed by atoms with Gasteiger partial charge in [-0.15, -0.1) is 0 Å². The molecular formula is C13H19NO4. The first kappa shape index (κ1) is 13.0. The number of hydrogen-bond acceptors (Lipinski definition) is 5. The summed E-state index contributed by atoms with van der Waals surface area (Å²) in [6, 6.07) is 3.97. The van der Waals surface area contributed by atoms with E-state index in [0.29, 0.717) is 23.8 Å². The van der Waals surface area contributed by atoms with E-state index < -0.39 is 0 Å². The first-order valence-corrected chi connectivity index (χ1v) is 6.09. The van der Waals surface area contributed by atoms with Crippen LogP contribution in [0.25, 0.3) is 0 Å². The predicted molar refractivity (Wildman–Crippen MR) is 67.1 cm³/mol. The summed E-state index contributed by atoms with van der Waals surface area (Å²) in [6.45, 7) is 3.06. The van der Waals surface area contributed by atoms with Crippen molar-refractivity contribution in [3.05, 3.63) is 17.7 Å². The third-order valence-corrected chi connectivity index (χ3v) is 3.03. The fourth-order valence-electron chi connectivity index (χ4n) is 1.89. The van der Waals surface area contributed by atoms with Crippen LogP contribution in [0.2, 0.25) is 0 Å². The molecule has 1 heterocycles. The van der Waals surface area contributed by atoms with E-state index in [0.717, 1.165) is 12.0 Å². The number of benzene rings is 1. The number of fused-ring (bicyclic) bond motifs is 1. The Hall–Kier alpha value is -1.46. The molecule has 5 nitrogen and oxygen atoms in total. The fourth-order valence-corrected chi connectivity index (χ4v) is 1.89. The van der Waals surface area contributed by atoms with Crippen LogP contribution >= 0.6 is 0 Å². The molecule has 0 spiro atoms. The third-order valence-electron chi connectivity index (χ3n) is 3.03. The van der Waals surface area contributed by atoms with Gasteiger partial charge < -0.3 is 24.6 Å². The number of hydrogen-bond donors (Lipinski definition) is 2. The number of aliphatic hydroxyl groups excluding tert-OH is 1. The molecule has 1 unspecified atom stereocenters. The maximum Gasteiger partial charge on any atom is 0.231 e. The highest BCUT2D eigenvalue weighted by atomic mass is 16.7. The lowest BCUT2D eigenvalue weighted by atomic mass is 10.1. The molecule has 0 amide bonds. The summed E-state index contributed by atoms with van der Waals surface area (Å²) in [4.78, 5) is 0. The molecule has 1 atom stereocenters. The second kappa shape index (κ2) is 5.93. The first-order chi connectivity index (χ1) is 8.78. The molecule has 2 N–H and O–H groups in total. The number of methoxy groups -OCH3 is 1. The number of aliphatic hydroxyl groups is 1. The fraction of sp³-hybridized carbons (Fsp3) is 0.538. The van der Waals surface area contributed by atoms with Crippen LogP contribution in [0.15, 0.2) is 12.1 Å². The summed E-state index contributed by atoms with van der Waals surface area (Å²) in [5, 5.41) is 12.4. The Balaban J connectivity index is 2.09. The van der Waals surface area contributed by atoms with Gasteiger partial charge in [0.2, 0.25) is 12.5 Å². The van der Waals surface area contributed by atoms with Gasteiger partial charge in [0.25, 0.3) is 0 Å². The standard InChI is InChI=1S/C13H19NO4/c1-3-10(7-15)14-6-9-4-11(16-2)13-12(5-9)17-8-18-13/h4-5,10,14-15H,3,6-8H2,1-2H3. The molecule has 0 saturated carbocycles. The minimum atomic E-state index is 0.112. The van der Waals surface area contributed by atoms with Gasteiger partial charge in [0.05, 0.1) is 13.7 Å².